The fourth-order valence-electron chi connectivity index (χ4n) is 3.07. The Kier molecular flexibility index (Phi) is 8.33. The average molecular weight is 440 g/mol. The third-order valence-electron chi connectivity index (χ3n) is 4.89. The highest BCUT2D eigenvalue weighted by Gasteiger charge is 2.13. The molecule has 6 nitrogen and oxygen atoms in total. The summed E-state index contributed by atoms with van der Waals surface area (Å²) in [6.07, 6.45) is 9.11. The molecular formula is C24H27F2N5O. The second kappa shape index (κ2) is 11.4. The monoisotopic (exact) mass is 439 g/mol. The Morgan fingerprint density at radius 2 is 1.69 bits per heavy atom. The largest absolute Gasteiger partial charge is 0.381 e. The van der Waals surface area contributed by atoms with Crippen LogP contribution in [0.1, 0.15) is 30.7 Å². The zero-order valence-electron chi connectivity index (χ0n) is 18.6. The van der Waals surface area contributed by atoms with Crippen molar-refractivity contribution in [1.82, 2.24) is 24.7 Å². The Bertz CT molecular complexity index is 1130. The van der Waals surface area contributed by atoms with Crippen LogP contribution >= 0.6 is 0 Å². The van der Waals surface area contributed by atoms with Crippen molar-refractivity contribution in [1.29, 1.82) is 0 Å². The van der Waals surface area contributed by atoms with Gasteiger partial charge in [-0.2, -0.15) is 5.10 Å². The van der Waals surface area contributed by atoms with Gasteiger partial charge < -0.3 is 4.74 Å². The molecule has 5 rings (SSSR count). The number of hydrogen-bond donors (Lipinski definition) is 0. The molecule has 1 saturated heterocycles. The number of nitrogens with zero attached hydrogens (tertiary/aromatic N) is 5. The van der Waals surface area contributed by atoms with Gasteiger partial charge >= 0.3 is 0 Å². The van der Waals surface area contributed by atoms with E-state index in [1.165, 1.54) is 31.4 Å². The van der Waals surface area contributed by atoms with Gasteiger partial charge in [0.2, 0.25) is 0 Å². The molecule has 3 aromatic heterocycles. The number of pyridine rings is 1. The molecule has 32 heavy (non-hydrogen) atoms. The lowest BCUT2D eigenvalue weighted by molar-refractivity contribution is 0.0968. The molecule has 0 amide bonds. The average Bonchev–Trinajstić information content (AvgIpc) is 3.28. The van der Waals surface area contributed by atoms with Gasteiger partial charge in [0.15, 0.2) is 0 Å². The van der Waals surface area contributed by atoms with E-state index in [0.29, 0.717) is 16.7 Å². The number of aryl methyl sites for hydroxylation is 3. The van der Waals surface area contributed by atoms with Crippen molar-refractivity contribution >= 4 is 11.0 Å². The minimum atomic E-state index is -0.662. The van der Waals surface area contributed by atoms with Crippen molar-refractivity contribution < 1.29 is 13.5 Å². The van der Waals surface area contributed by atoms with Gasteiger partial charge in [-0.05, 0) is 57.4 Å². The first-order chi connectivity index (χ1) is 15.5. The molecule has 1 aromatic carbocycles. The van der Waals surface area contributed by atoms with E-state index in [0.717, 1.165) is 30.7 Å². The summed E-state index contributed by atoms with van der Waals surface area (Å²) in [5.41, 5.74) is 3.32. The summed E-state index contributed by atoms with van der Waals surface area (Å²) in [6.45, 7) is 5.69. The molecule has 0 radical (unpaired) electrons. The van der Waals surface area contributed by atoms with Crippen molar-refractivity contribution in [3.8, 4) is 11.3 Å². The molecule has 4 heterocycles. The van der Waals surface area contributed by atoms with Crippen molar-refractivity contribution in [3.63, 3.8) is 0 Å². The molecule has 0 N–H and O–H groups in total. The minimum Gasteiger partial charge on any atom is -0.381 e. The maximum absolute atomic E-state index is 13.9. The summed E-state index contributed by atoms with van der Waals surface area (Å²) >= 11 is 0. The summed E-state index contributed by atoms with van der Waals surface area (Å²) in [5, 5.41) is 3.83. The summed E-state index contributed by atoms with van der Waals surface area (Å²) in [7, 11) is 1.89. The number of rotatable bonds is 1. The van der Waals surface area contributed by atoms with E-state index >= 15 is 0 Å². The van der Waals surface area contributed by atoms with Crippen LogP contribution in [-0.4, -0.2) is 37.9 Å². The summed E-state index contributed by atoms with van der Waals surface area (Å²) in [5.74, 6) is -1.28. The third kappa shape index (κ3) is 6.37. The molecule has 1 aliphatic heterocycles. The lowest BCUT2D eigenvalue weighted by Crippen LogP contribution is -2.03. The van der Waals surface area contributed by atoms with Gasteiger partial charge in [-0.1, -0.05) is 0 Å². The van der Waals surface area contributed by atoms with Crippen LogP contribution in [0.2, 0.25) is 0 Å². The van der Waals surface area contributed by atoms with Crippen LogP contribution in [0.15, 0.2) is 48.9 Å². The van der Waals surface area contributed by atoms with Gasteiger partial charge in [-0.3, -0.25) is 9.67 Å². The smallest absolute Gasteiger partial charge is 0.135 e. The first-order valence-electron chi connectivity index (χ1n) is 10.5. The topological polar surface area (TPSA) is 65.7 Å². The first kappa shape index (κ1) is 23.4. The molecule has 0 saturated carbocycles. The predicted molar refractivity (Wildman–Crippen MR) is 120 cm³/mol. The van der Waals surface area contributed by atoms with Crippen LogP contribution in [0, 0.1) is 25.5 Å². The Labute approximate surface area is 186 Å². The second-order valence-electron chi connectivity index (χ2n) is 7.40. The maximum atomic E-state index is 13.9. The highest BCUT2D eigenvalue weighted by molar-refractivity contribution is 5.89. The van der Waals surface area contributed by atoms with Crippen molar-refractivity contribution in [3.05, 3.63) is 71.9 Å². The Morgan fingerprint density at radius 1 is 0.938 bits per heavy atom. The van der Waals surface area contributed by atoms with Gasteiger partial charge in [0.1, 0.15) is 22.8 Å². The zero-order chi connectivity index (χ0) is 22.9. The van der Waals surface area contributed by atoms with Gasteiger partial charge in [0.25, 0.3) is 0 Å². The Morgan fingerprint density at radius 3 is 2.22 bits per heavy atom. The molecular weight excluding hydrogens is 412 g/mol. The SMILES string of the molecule is C1CCOCC1.Cc1nc2ccnc(-c3ccc(F)cc3F)c2nc1C.Cn1cccn1. The molecule has 0 spiro atoms. The van der Waals surface area contributed by atoms with E-state index in [1.54, 1.807) is 23.1 Å². The van der Waals surface area contributed by atoms with Crippen molar-refractivity contribution in [2.45, 2.75) is 33.1 Å². The number of halogens is 2. The molecule has 0 unspecified atom stereocenters. The van der Waals surface area contributed by atoms with E-state index in [2.05, 4.69) is 20.1 Å². The van der Waals surface area contributed by atoms with E-state index in [1.807, 2.05) is 33.2 Å². The molecule has 168 valence electrons. The van der Waals surface area contributed by atoms with Crippen molar-refractivity contribution in [2.75, 3.05) is 13.2 Å². The lowest BCUT2D eigenvalue weighted by Gasteiger charge is -2.08. The molecule has 1 fully saturated rings. The van der Waals surface area contributed by atoms with Crippen LogP contribution in [0.4, 0.5) is 8.78 Å². The van der Waals surface area contributed by atoms with Crippen LogP contribution in [0.25, 0.3) is 22.3 Å². The molecule has 0 aliphatic carbocycles. The fraction of sp³-hybridized carbons (Fsp3) is 0.333. The highest BCUT2D eigenvalue weighted by atomic mass is 19.1. The van der Waals surface area contributed by atoms with Gasteiger partial charge in [0.05, 0.1) is 16.9 Å². The summed E-state index contributed by atoms with van der Waals surface area (Å²) in [4.78, 5) is 13.0. The van der Waals surface area contributed by atoms with E-state index < -0.39 is 11.6 Å². The minimum absolute atomic E-state index is 0.217. The van der Waals surface area contributed by atoms with Crippen LogP contribution in [0.5, 0.6) is 0 Å². The van der Waals surface area contributed by atoms with Gasteiger partial charge in [-0.15, -0.1) is 0 Å². The van der Waals surface area contributed by atoms with Crippen LogP contribution in [-0.2, 0) is 11.8 Å². The Hall–Kier alpha value is -3.26. The molecule has 1 aliphatic rings. The third-order valence-corrected chi connectivity index (χ3v) is 4.89. The highest BCUT2D eigenvalue weighted by Crippen LogP contribution is 2.27. The molecule has 0 atom stereocenters. The first-order valence-corrected chi connectivity index (χ1v) is 10.5. The maximum Gasteiger partial charge on any atom is 0.135 e. The second-order valence-corrected chi connectivity index (χ2v) is 7.40. The van der Waals surface area contributed by atoms with Crippen molar-refractivity contribution in [2.24, 2.45) is 7.05 Å². The number of benzene rings is 1. The molecule has 0 bridgehead atoms. The normalized spacial score (nSPS) is 13.0. The number of ether oxygens (including phenoxy) is 1. The zero-order valence-corrected chi connectivity index (χ0v) is 18.6. The summed E-state index contributed by atoms with van der Waals surface area (Å²) < 4.78 is 33.7. The lowest BCUT2D eigenvalue weighted by atomic mass is 10.1. The van der Waals surface area contributed by atoms with Crippen LogP contribution in [0.3, 0.4) is 0 Å². The van der Waals surface area contributed by atoms with Gasteiger partial charge in [-0.25, -0.2) is 18.7 Å². The summed E-state index contributed by atoms with van der Waals surface area (Å²) in [6, 6.07) is 7.01. The predicted octanol–water partition coefficient (Wildman–Crippen LogP) is 5.19. The van der Waals surface area contributed by atoms with E-state index in [9.17, 15) is 8.78 Å². The number of aromatic nitrogens is 5. The fourth-order valence-corrected chi connectivity index (χ4v) is 3.07. The number of hydrogen-bond acceptors (Lipinski definition) is 5. The number of fused-ring (bicyclic) bond motifs is 1. The Balaban J connectivity index is 0.000000195. The quantitative estimate of drug-likeness (QED) is 0.408. The van der Waals surface area contributed by atoms with E-state index in [4.69, 9.17) is 4.74 Å². The van der Waals surface area contributed by atoms with E-state index in [-0.39, 0.29) is 5.56 Å². The molecule has 8 heteroatoms. The molecule has 4 aromatic rings. The van der Waals surface area contributed by atoms with Crippen LogP contribution < -0.4 is 0 Å². The van der Waals surface area contributed by atoms with Gasteiger partial charge in [0, 0.05) is 50.5 Å². The standard InChI is InChI=1S/C15H11F2N3.C5H10O.C4H6N2/c1-8-9(2)20-15-13(19-8)5-6-18-14(15)11-4-3-10(16)7-12(11)17;1-2-4-6-5-3-1;1-6-4-2-3-5-6/h3-7H,1-2H3;1-5H2;2-4H,1H3.